The van der Waals surface area contributed by atoms with Crippen LogP contribution in [0.2, 0.25) is 0 Å². The minimum Gasteiger partial charge on any atom is -0.508 e. The molecular weight excluding hydrogens is 703 g/mol. The largest absolute Gasteiger partial charge is 0.508 e. The first kappa shape index (κ1) is 33.6. The fourth-order valence-electron chi connectivity index (χ4n) is 5.42. The number of carbonyl (C=O) groups excluding carboxylic acids is 3. The number of thioether (sulfide) groups is 1. The molecule has 2 aliphatic rings. The Labute approximate surface area is 299 Å². The fraction of sp³-hybridized carbons (Fsp3) is 0.212. The number of aryl methyl sites for hydroxylation is 1. The van der Waals surface area contributed by atoms with Crippen molar-refractivity contribution >= 4 is 53.4 Å². The van der Waals surface area contributed by atoms with E-state index >= 15 is 0 Å². The molecule has 2 aliphatic heterocycles. The van der Waals surface area contributed by atoms with Gasteiger partial charge in [0.15, 0.2) is 5.82 Å². The van der Waals surface area contributed by atoms with Crippen LogP contribution < -0.4 is 10.6 Å². The topological polar surface area (TPSA) is 237 Å². The van der Waals surface area contributed by atoms with Crippen LogP contribution in [0.25, 0.3) is 11.3 Å². The molecule has 3 amide bonds. The molecule has 0 radical (unpaired) electrons. The Bertz CT molecular complexity index is 2090. The van der Waals surface area contributed by atoms with Crippen LogP contribution in [0.1, 0.15) is 33.4 Å². The number of phenols is 1. The van der Waals surface area contributed by atoms with Gasteiger partial charge in [-0.2, -0.15) is 4.09 Å². The van der Waals surface area contributed by atoms with Gasteiger partial charge in [-0.3, -0.25) is 24.1 Å². The minimum atomic E-state index is -1.39. The van der Waals surface area contributed by atoms with E-state index in [1.54, 1.807) is 6.07 Å². The molecule has 0 spiro atoms. The summed E-state index contributed by atoms with van der Waals surface area (Å²) >= 11 is 2.31. The number of hydrogen-bond donors (Lipinski definition) is 6. The third-order valence-electron chi connectivity index (χ3n) is 7.97. The number of hydrogen-bond acceptors (Lipinski definition) is 12. The maximum Gasteiger partial charge on any atom is 0.352 e. The van der Waals surface area contributed by atoms with Gasteiger partial charge in [-0.15, -0.1) is 16.9 Å². The Balaban J connectivity index is 1.18. The number of benzene rings is 2. The van der Waals surface area contributed by atoms with Crippen molar-refractivity contribution in [2.24, 2.45) is 0 Å². The predicted molar refractivity (Wildman–Crippen MR) is 183 cm³/mol. The van der Waals surface area contributed by atoms with Crippen molar-refractivity contribution in [3.8, 4) is 22.9 Å². The maximum atomic E-state index is 13.8. The Morgan fingerprint density at radius 1 is 1.08 bits per heavy atom. The molecule has 0 aliphatic carbocycles. The highest BCUT2D eigenvalue weighted by Gasteiger charge is 2.54. The van der Waals surface area contributed by atoms with Gasteiger partial charge in [0.1, 0.15) is 47.2 Å². The molecule has 1 fully saturated rings. The van der Waals surface area contributed by atoms with E-state index in [-0.39, 0.29) is 46.3 Å². The van der Waals surface area contributed by atoms with Gasteiger partial charge >= 0.3 is 11.9 Å². The van der Waals surface area contributed by atoms with E-state index in [1.807, 2.05) is 31.2 Å². The molecule has 2 aromatic carbocycles. The molecule has 4 heterocycles. The van der Waals surface area contributed by atoms with Crippen LogP contribution >= 0.6 is 23.7 Å². The van der Waals surface area contributed by atoms with Crippen molar-refractivity contribution in [2.45, 2.75) is 30.8 Å². The quantitative estimate of drug-likeness (QED) is 0.108. The second kappa shape index (κ2) is 14.5. The molecule has 2 unspecified atom stereocenters. The summed E-state index contributed by atoms with van der Waals surface area (Å²) in [4.78, 5) is 73.1. The van der Waals surface area contributed by atoms with Crippen LogP contribution in [0.4, 0.5) is 0 Å². The molecular formula is C33H29N7O9S2. The zero-order valence-corrected chi connectivity index (χ0v) is 28.2. The van der Waals surface area contributed by atoms with Crippen molar-refractivity contribution in [3.63, 3.8) is 0 Å². The number of β-lactam (4-membered cyclic amide) rings is 1. The average Bonchev–Trinajstić information content (AvgIpc) is 3.57. The molecule has 2 aromatic heterocycles. The van der Waals surface area contributed by atoms with E-state index in [9.17, 15) is 34.2 Å². The normalized spacial score (nSPS) is 17.5. The first-order chi connectivity index (χ1) is 24.9. The Hall–Kier alpha value is -5.88. The summed E-state index contributed by atoms with van der Waals surface area (Å²) in [7, 11) is 0. The van der Waals surface area contributed by atoms with Crippen LogP contribution in [0, 0.1) is 6.92 Å². The smallest absolute Gasteiger partial charge is 0.352 e. The number of pyridine rings is 1. The lowest BCUT2D eigenvalue weighted by atomic mass is 10.0. The summed E-state index contributed by atoms with van der Waals surface area (Å²) in [6.07, 6.45) is 0.935. The first-order valence-corrected chi connectivity index (χ1v) is 17.2. The second-order valence-electron chi connectivity index (χ2n) is 11.5. The van der Waals surface area contributed by atoms with E-state index in [2.05, 4.69) is 30.8 Å². The average molecular weight is 733 g/mol. The number of carbonyl (C=O) groups is 5. The van der Waals surface area contributed by atoms with Crippen molar-refractivity contribution in [1.82, 2.24) is 34.7 Å². The van der Waals surface area contributed by atoms with E-state index in [1.165, 1.54) is 52.5 Å². The lowest BCUT2D eigenvalue weighted by molar-refractivity contribution is -0.151. The van der Waals surface area contributed by atoms with Crippen LogP contribution in [-0.4, -0.2) is 98.5 Å². The van der Waals surface area contributed by atoms with E-state index in [0.717, 1.165) is 28.0 Å². The highest BCUT2D eigenvalue weighted by Crippen LogP contribution is 2.41. The number of aliphatic carboxylic acids is 2. The molecule has 51 heavy (non-hydrogen) atoms. The highest BCUT2D eigenvalue weighted by atomic mass is 32.2. The molecule has 3 atom stereocenters. The summed E-state index contributed by atoms with van der Waals surface area (Å²) in [5, 5.41) is 42.7. The third-order valence-corrected chi connectivity index (χ3v) is 10.2. The van der Waals surface area contributed by atoms with Crippen molar-refractivity contribution in [3.05, 3.63) is 101 Å². The molecule has 6 N–H and O–H groups in total. The number of amides is 3. The van der Waals surface area contributed by atoms with Gasteiger partial charge in [0.2, 0.25) is 11.8 Å². The maximum absolute atomic E-state index is 13.8. The Morgan fingerprint density at radius 2 is 1.82 bits per heavy atom. The molecule has 0 saturated carbocycles. The van der Waals surface area contributed by atoms with Gasteiger partial charge < -0.3 is 31.1 Å². The number of nitrogens with zero attached hydrogens (tertiary/aromatic N) is 5. The van der Waals surface area contributed by atoms with Crippen molar-refractivity contribution in [2.75, 3.05) is 11.5 Å². The summed E-state index contributed by atoms with van der Waals surface area (Å²) in [5.41, 5.74) is 2.41. The fourth-order valence-corrected chi connectivity index (χ4v) is 7.68. The number of aromatic hydroxyl groups is 2. The monoisotopic (exact) mass is 732 g/mol. The van der Waals surface area contributed by atoms with Crippen LogP contribution in [-0.2, 0) is 25.6 Å². The number of carboxylic acids is 2. The lowest BCUT2D eigenvalue weighted by Gasteiger charge is -2.49. The third kappa shape index (κ3) is 7.51. The molecule has 262 valence electrons. The van der Waals surface area contributed by atoms with Gasteiger partial charge in [-0.05, 0) is 54.3 Å². The molecule has 1 saturated heterocycles. The van der Waals surface area contributed by atoms with Crippen molar-refractivity contribution < 1.29 is 44.4 Å². The molecule has 18 heteroatoms. The van der Waals surface area contributed by atoms with Crippen LogP contribution in [0.15, 0.2) is 78.3 Å². The van der Waals surface area contributed by atoms with Gasteiger partial charge in [0.05, 0.1) is 5.69 Å². The zero-order chi connectivity index (χ0) is 37.1. The summed E-state index contributed by atoms with van der Waals surface area (Å²) in [5.74, 6) is -4.75. The van der Waals surface area contributed by atoms with Gasteiger partial charge in [-0.25, -0.2) is 14.8 Å². The number of rotatable bonds is 13. The number of nitrogens with one attached hydrogen (secondary N) is 2. The van der Waals surface area contributed by atoms with Crippen molar-refractivity contribution in [1.29, 1.82) is 1.43 Å². The van der Waals surface area contributed by atoms with Gasteiger partial charge in [0.25, 0.3) is 13.2 Å². The number of carboxylic acid groups (broad SMARTS) is 2. The van der Waals surface area contributed by atoms with E-state index < -0.39 is 53.0 Å². The van der Waals surface area contributed by atoms with Gasteiger partial charge in [-0.1, -0.05) is 42.0 Å². The summed E-state index contributed by atoms with van der Waals surface area (Å²) < 4.78 is 8.44. The number of fused-ring (bicyclic) bond motifs is 1. The minimum absolute atomic E-state index is 0.0849. The SMILES string of the molecule is [2H]Oc1ccc(C(NC(=O)c2ccc(-c3ccc(C)cc3)nc2O)C(=O)NC2C(=O)N3C(C(=O)O)=C(CSn4cnc(CC(=O)O)n4)CS[C@@H]23)cc1. The summed E-state index contributed by atoms with van der Waals surface area (Å²) in [6, 6.07) is 13.5. The highest BCUT2D eigenvalue weighted by molar-refractivity contribution is 8.00. The number of aromatic nitrogens is 4. The van der Waals surface area contributed by atoms with Crippen LogP contribution in [0.3, 0.4) is 0 Å². The molecule has 4 aromatic rings. The lowest BCUT2D eigenvalue weighted by Crippen LogP contribution is -2.71. The zero-order valence-electron chi connectivity index (χ0n) is 27.5. The molecule has 0 bridgehead atoms. The Kier molecular flexibility index (Phi) is 9.58. The summed E-state index contributed by atoms with van der Waals surface area (Å²) in [6.45, 7) is 1.93. The first-order valence-electron chi connectivity index (χ1n) is 15.6. The van der Waals surface area contributed by atoms with Crippen LogP contribution in [0.5, 0.6) is 11.6 Å². The standard InChI is InChI=1S/C33H29N7O9S2/c1-16-2-4-17(5-3-16)22-11-10-21(28(44)35-22)29(45)36-25(18-6-8-20(41)9-7-18)30(46)37-26-31(47)40-27(33(48)49)19(13-50-32(26)40)14-51-39-15-34-23(38-39)12-24(42)43/h2-11,15,25-26,32,41H,12-14H2,1H3,(H,35,44)(H,36,45)(H,37,46)(H,42,43)(H,48,49)/t25?,26?,32-/m0/s1/i/hD. The van der Waals surface area contributed by atoms with Gasteiger partial charge in [0, 0.05) is 17.1 Å². The van der Waals surface area contributed by atoms with E-state index in [4.69, 9.17) is 6.54 Å². The predicted octanol–water partition coefficient (Wildman–Crippen LogP) is 2.09. The van der Waals surface area contributed by atoms with E-state index in [0.29, 0.717) is 11.3 Å². The number of phenolic OH excluding ortho intramolecular Hbond substituents is 1. The second-order valence-corrected chi connectivity index (χ2v) is 13.5. The molecule has 16 nitrogen and oxygen atoms in total. The Morgan fingerprint density at radius 3 is 2.49 bits per heavy atom. The molecule has 6 rings (SSSR count).